The predicted molar refractivity (Wildman–Crippen MR) is 138 cm³/mol. The van der Waals surface area contributed by atoms with Crippen molar-refractivity contribution in [2.75, 3.05) is 62.7 Å². The number of hydrogen-bond donors (Lipinski definition) is 1. The number of rotatable bonds is 4. The molecule has 10 heteroatoms. The number of ether oxygens (including phenoxy) is 2. The Balaban J connectivity index is 1.19. The molecular formula is C27H33FN6O3. The molecule has 1 amide bonds. The van der Waals surface area contributed by atoms with Crippen LogP contribution in [0, 0.1) is 5.82 Å². The minimum Gasteiger partial charge on any atom is -0.480 e. The summed E-state index contributed by atoms with van der Waals surface area (Å²) in [6.45, 7) is 11.6. The number of benzene rings is 1. The van der Waals surface area contributed by atoms with Crippen molar-refractivity contribution in [3.63, 3.8) is 0 Å². The summed E-state index contributed by atoms with van der Waals surface area (Å²) in [5.41, 5.74) is 2.41. The zero-order chi connectivity index (χ0) is 25.5. The molecule has 0 aliphatic carbocycles. The lowest BCUT2D eigenvalue weighted by Crippen LogP contribution is -2.61. The molecule has 1 N–H and O–H groups in total. The van der Waals surface area contributed by atoms with Gasteiger partial charge in [-0.25, -0.2) is 14.4 Å². The molecule has 3 saturated heterocycles. The molecule has 0 bridgehead atoms. The number of aromatic nitrogens is 2. The second-order valence-corrected chi connectivity index (χ2v) is 10.2. The lowest BCUT2D eigenvalue weighted by molar-refractivity contribution is -0.133. The molecule has 5 heterocycles. The molecule has 0 unspecified atom stereocenters. The quantitative estimate of drug-likeness (QED) is 0.631. The van der Waals surface area contributed by atoms with Gasteiger partial charge in [-0.05, 0) is 62.5 Å². The molecule has 196 valence electrons. The largest absolute Gasteiger partial charge is 0.480 e. The van der Waals surface area contributed by atoms with Gasteiger partial charge in [-0.15, -0.1) is 0 Å². The molecule has 0 saturated carbocycles. The molecule has 1 atom stereocenters. The summed E-state index contributed by atoms with van der Waals surface area (Å²) < 4.78 is 27.1. The van der Waals surface area contributed by atoms with E-state index in [0.29, 0.717) is 30.8 Å². The van der Waals surface area contributed by atoms with Crippen molar-refractivity contribution in [3.05, 3.63) is 48.1 Å². The third-order valence-corrected chi connectivity index (χ3v) is 8.06. The summed E-state index contributed by atoms with van der Waals surface area (Å²) in [7, 11) is 0. The van der Waals surface area contributed by atoms with Gasteiger partial charge >= 0.3 is 0 Å². The van der Waals surface area contributed by atoms with Crippen molar-refractivity contribution in [2.24, 2.45) is 0 Å². The minimum atomic E-state index is -0.415. The molecule has 0 radical (unpaired) electrons. The Bertz CT molecular complexity index is 1190. The van der Waals surface area contributed by atoms with Crippen LogP contribution in [0.3, 0.4) is 0 Å². The Hall–Kier alpha value is -3.24. The van der Waals surface area contributed by atoms with Crippen LogP contribution in [0.25, 0.3) is 0 Å². The lowest BCUT2D eigenvalue weighted by atomic mass is 9.87. The van der Waals surface area contributed by atoms with E-state index in [0.717, 1.165) is 69.1 Å². The molecule has 1 aromatic carbocycles. The van der Waals surface area contributed by atoms with E-state index in [4.69, 9.17) is 9.47 Å². The van der Waals surface area contributed by atoms with Crippen LogP contribution in [0.15, 0.2) is 31.1 Å². The number of likely N-dealkylation sites (tertiary alicyclic amines) is 2. The Morgan fingerprint density at radius 3 is 2.65 bits per heavy atom. The maximum atomic E-state index is 15.5. The van der Waals surface area contributed by atoms with E-state index in [-0.39, 0.29) is 23.4 Å². The summed E-state index contributed by atoms with van der Waals surface area (Å²) in [5, 5.41) is 3.37. The molecule has 1 aromatic heterocycles. The maximum absolute atomic E-state index is 15.5. The third-order valence-electron chi connectivity index (χ3n) is 8.06. The first-order valence-corrected chi connectivity index (χ1v) is 13.1. The Kier molecular flexibility index (Phi) is 6.46. The van der Waals surface area contributed by atoms with Crippen molar-refractivity contribution < 1.29 is 18.7 Å². The summed E-state index contributed by atoms with van der Waals surface area (Å²) in [5.74, 6) is 1.58. The fraction of sp³-hybridized carbons (Fsp3) is 0.519. The van der Waals surface area contributed by atoms with Crippen molar-refractivity contribution in [2.45, 2.75) is 37.8 Å². The highest BCUT2D eigenvalue weighted by Crippen LogP contribution is 2.44. The van der Waals surface area contributed by atoms with E-state index in [1.54, 1.807) is 12.4 Å². The van der Waals surface area contributed by atoms with Crippen LogP contribution in [0.2, 0.25) is 0 Å². The van der Waals surface area contributed by atoms with Crippen molar-refractivity contribution in [1.82, 2.24) is 19.8 Å². The zero-order valence-corrected chi connectivity index (χ0v) is 21.2. The molecule has 9 nitrogen and oxygen atoms in total. The monoisotopic (exact) mass is 508 g/mol. The number of piperidine rings is 1. The van der Waals surface area contributed by atoms with E-state index < -0.39 is 6.10 Å². The van der Waals surface area contributed by atoms with Crippen LogP contribution < -0.4 is 15.0 Å². The summed E-state index contributed by atoms with van der Waals surface area (Å²) >= 11 is 0. The number of anilines is 3. The average molecular weight is 509 g/mol. The first kappa shape index (κ1) is 24.1. The van der Waals surface area contributed by atoms with E-state index in [1.807, 2.05) is 17.9 Å². The van der Waals surface area contributed by atoms with Gasteiger partial charge in [-0.3, -0.25) is 9.69 Å². The van der Waals surface area contributed by atoms with E-state index in [1.165, 1.54) is 6.08 Å². The van der Waals surface area contributed by atoms with E-state index in [9.17, 15) is 4.79 Å². The highest BCUT2D eigenvalue weighted by molar-refractivity contribution is 5.87. The van der Waals surface area contributed by atoms with Gasteiger partial charge in [0.1, 0.15) is 24.1 Å². The highest BCUT2D eigenvalue weighted by atomic mass is 19.1. The fourth-order valence-corrected chi connectivity index (χ4v) is 5.91. The second kappa shape index (κ2) is 9.90. The number of nitrogens with one attached hydrogen (secondary N) is 1. The number of morpholine rings is 1. The second-order valence-electron chi connectivity index (χ2n) is 10.2. The third kappa shape index (κ3) is 4.53. The summed E-state index contributed by atoms with van der Waals surface area (Å²) in [6.07, 6.45) is 4.40. The smallest absolute Gasteiger partial charge is 0.246 e. The average Bonchev–Trinajstić information content (AvgIpc) is 3.04. The molecular weight excluding hydrogens is 475 g/mol. The molecule has 4 aliphatic rings. The molecule has 2 aromatic rings. The standard InChI is InChI=1S/C27H33FN6O3/c1-3-23(35)34-14-20(15-34)32-6-4-18(5-7-32)19-12-21(28)25-22(13-19)31-26-24(17(2)37-25)27(30-16-29-26)33-8-10-36-11-9-33/h3,12-13,16-18,20H,1,4-11,14-15H2,2H3,(H,29,30,31)/t17-/m1/s1. The van der Waals surface area contributed by atoms with Crippen molar-refractivity contribution in [3.8, 4) is 5.75 Å². The Morgan fingerprint density at radius 2 is 1.92 bits per heavy atom. The number of carbonyl (C=O) groups is 1. The van der Waals surface area contributed by atoms with Gasteiger partial charge in [0.2, 0.25) is 5.91 Å². The van der Waals surface area contributed by atoms with Crippen LogP contribution in [0.5, 0.6) is 5.75 Å². The van der Waals surface area contributed by atoms with Crippen LogP contribution in [0.1, 0.15) is 42.9 Å². The first-order valence-electron chi connectivity index (χ1n) is 13.1. The van der Waals surface area contributed by atoms with Gasteiger partial charge in [0.05, 0.1) is 24.5 Å². The van der Waals surface area contributed by atoms with E-state index >= 15 is 4.39 Å². The Morgan fingerprint density at radius 1 is 1.16 bits per heavy atom. The number of hydrogen-bond acceptors (Lipinski definition) is 8. The van der Waals surface area contributed by atoms with Crippen molar-refractivity contribution in [1.29, 1.82) is 0 Å². The van der Waals surface area contributed by atoms with Gasteiger partial charge in [0.15, 0.2) is 11.6 Å². The number of carbonyl (C=O) groups excluding carboxylic acids is 1. The SMILES string of the molecule is C=CC(=O)N1CC(N2CCC(c3cc(F)c4c(c3)Nc3ncnc(N5CCOCC5)c3[C@@H](C)O4)CC2)C1. The van der Waals surface area contributed by atoms with E-state index in [2.05, 4.69) is 31.7 Å². The molecule has 3 fully saturated rings. The Labute approximate surface area is 216 Å². The highest BCUT2D eigenvalue weighted by Gasteiger charge is 2.36. The summed E-state index contributed by atoms with van der Waals surface area (Å²) in [6, 6.07) is 4.05. The molecule has 6 rings (SSSR count). The predicted octanol–water partition coefficient (Wildman–Crippen LogP) is 3.23. The number of amides is 1. The summed E-state index contributed by atoms with van der Waals surface area (Å²) in [4.78, 5) is 27.3. The molecule has 0 spiro atoms. The van der Waals surface area contributed by atoms with Gasteiger partial charge in [-0.1, -0.05) is 6.58 Å². The number of fused-ring (bicyclic) bond motifs is 2. The van der Waals surface area contributed by atoms with Gasteiger partial charge in [-0.2, -0.15) is 0 Å². The van der Waals surface area contributed by atoms with Crippen molar-refractivity contribution >= 4 is 23.2 Å². The topological polar surface area (TPSA) is 83.1 Å². The molecule has 37 heavy (non-hydrogen) atoms. The number of nitrogens with zero attached hydrogens (tertiary/aromatic N) is 5. The lowest BCUT2D eigenvalue weighted by Gasteiger charge is -2.47. The maximum Gasteiger partial charge on any atom is 0.246 e. The van der Waals surface area contributed by atoms with Gasteiger partial charge < -0.3 is 24.6 Å². The minimum absolute atomic E-state index is 0.000429. The first-order chi connectivity index (χ1) is 18.0. The zero-order valence-electron chi connectivity index (χ0n) is 21.2. The van der Waals surface area contributed by atoms with Crippen LogP contribution in [-0.4, -0.2) is 84.2 Å². The van der Waals surface area contributed by atoms with Crippen LogP contribution in [-0.2, 0) is 9.53 Å². The molecule has 4 aliphatic heterocycles. The van der Waals surface area contributed by atoms with Gasteiger partial charge in [0, 0.05) is 32.2 Å². The fourth-order valence-electron chi connectivity index (χ4n) is 5.91. The van der Waals surface area contributed by atoms with Gasteiger partial charge in [0.25, 0.3) is 0 Å². The normalized spacial score (nSPS) is 22.7. The van der Waals surface area contributed by atoms with Crippen LogP contribution in [0.4, 0.5) is 21.7 Å². The number of halogens is 1. The van der Waals surface area contributed by atoms with Crippen LogP contribution >= 0.6 is 0 Å².